The van der Waals surface area contributed by atoms with Crippen LogP contribution < -0.4 is 0 Å². The average Bonchev–Trinajstić information content (AvgIpc) is 2.99. The van der Waals surface area contributed by atoms with Crippen molar-refractivity contribution in [1.82, 2.24) is 9.55 Å². The fourth-order valence-electron chi connectivity index (χ4n) is 3.30. The Balaban J connectivity index is 2.19. The maximum Gasteiger partial charge on any atom is 0.337 e. The van der Waals surface area contributed by atoms with Gasteiger partial charge in [0.1, 0.15) is 11.3 Å². The number of nitrogens with zero attached hydrogens (tertiary/aromatic N) is 2. The molecule has 1 N–H and O–H groups in total. The first-order valence-corrected chi connectivity index (χ1v) is 6.87. The highest BCUT2D eigenvalue weighted by atomic mass is 16.5. The predicted octanol–water partition coefficient (Wildman–Crippen LogP) is 2.78. The van der Waals surface area contributed by atoms with Crippen molar-refractivity contribution in [2.45, 2.75) is 38.3 Å². The van der Waals surface area contributed by atoms with Crippen LogP contribution in [0.15, 0.2) is 18.2 Å². The molecule has 1 heterocycles. The molecule has 106 valence electrons. The number of methoxy groups -OCH3 is 1. The first-order valence-electron chi connectivity index (χ1n) is 6.87. The summed E-state index contributed by atoms with van der Waals surface area (Å²) in [7, 11) is 1.74. The van der Waals surface area contributed by atoms with Crippen LogP contribution in [0.3, 0.4) is 0 Å². The van der Waals surface area contributed by atoms with Crippen LogP contribution in [-0.4, -0.2) is 33.8 Å². The summed E-state index contributed by atoms with van der Waals surface area (Å²) in [6, 6.07) is 5.56. The summed E-state index contributed by atoms with van der Waals surface area (Å²) >= 11 is 0. The summed E-state index contributed by atoms with van der Waals surface area (Å²) in [4.78, 5) is 15.8. The highest BCUT2D eigenvalue weighted by Gasteiger charge is 2.31. The van der Waals surface area contributed by atoms with E-state index in [0.29, 0.717) is 5.52 Å². The number of aryl methyl sites for hydroxylation is 1. The van der Waals surface area contributed by atoms with E-state index < -0.39 is 5.97 Å². The zero-order chi connectivity index (χ0) is 14.3. The van der Waals surface area contributed by atoms with E-state index in [4.69, 9.17) is 4.74 Å². The Morgan fingerprint density at radius 1 is 1.45 bits per heavy atom. The number of carbonyl (C=O) groups is 1. The second kappa shape index (κ2) is 4.90. The van der Waals surface area contributed by atoms with Crippen LogP contribution in [0.1, 0.15) is 41.5 Å². The minimum Gasteiger partial charge on any atom is -0.478 e. The summed E-state index contributed by atoms with van der Waals surface area (Å²) < 4.78 is 7.71. The summed E-state index contributed by atoms with van der Waals surface area (Å²) in [5.41, 5.74) is 1.71. The van der Waals surface area contributed by atoms with E-state index in [-0.39, 0.29) is 17.7 Å². The van der Waals surface area contributed by atoms with Crippen LogP contribution in [0, 0.1) is 6.92 Å². The molecule has 20 heavy (non-hydrogen) atoms. The van der Waals surface area contributed by atoms with Crippen LogP contribution in [-0.2, 0) is 4.74 Å². The summed E-state index contributed by atoms with van der Waals surface area (Å²) in [5, 5.41) is 9.27. The molecule has 2 atom stereocenters. The monoisotopic (exact) mass is 274 g/mol. The van der Waals surface area contributed by atoms with Gasteiger partial charge in [0, 0.05) is 7.11 Å². The molecule has 1 aliphatic rings. The van der Waals surface area contributed by atoms with Crippen molar-refractivity contribution in [2.24, 2.45) is 0 Å². The number of para-hydroxylation sites is 1. The molecule has 0 bridgehead atoms. The minimum absolute atomic E-state index is 0.180. The lowest BCUT2D eigenvalue weighted by Gasteiger charge is -2.22. The predicted molar refractivity (Wildman–Crippen MR) is 75.1 cm³/mol. The molecule has 0 saturated heterocycles. The van der Waals surface area contributed by atoms with Gasteiger partial charge >= 0.3 is 5.97 Å². The lowest BCUT2D eigenvalue weighted by molar-refractivity contribution is 0.0699. The van der Waals surface area contributed by atoms with E-state index >= 15 is 0 Å². The van der Waals surface area contributed by atoms with Gasteiger partial charge in [-0.15, -0.1) is 0 Å². The normalized spacial score (nSPS) is 22.5. The van der Waals surface area contributed by atoms with Crippen molar-refractivity contribution < 1.29 is 14.6 Å². The van der Waals surface area contributed by atoms with E-state index in [1.54, 1.807) is 19.2 Å². The molecule has 1 aromatic heterocycles. The van der Waals surface area contributed by atoms with Gasteiger partial charge in [-0.25, -0.2) is 9.78 Å². The van der Waals surface area contributed by atoms with Crippen LogP contribution in [0.5, 0.6) is 0 Å². The summed E-state index contributed by atoms with van der Waals surface area (Å²) in [5.74, 6) is -0.0855. The molecule has 0 amide bonds. The number of ether oxygens (including phenoxy) is 1. The zero-order valence-corrected chi connectivity index (χ0v) is 11.7. The number of aromatic carboxylic acids is 1. The number of hydrogen-bond acceptors (Lipinski definition) is 3. The van der Waals surface area contributed by atoms with Crippen molar-refractivity contribution in [3.63, 3.8) is 0 Å². The molecule has 1 fully saturated rings. The van der Waals surface area contributed by atoms with E-state index in [1.807, 2.05) is 13.0 Å². The largest absolute Gasteiger partial charge is 0.478 e. The molecular formula is C15H18N2O3. The Morgan fingerprint density at radius 3 is 2.95 bits per heavy atom. The minimum atomic E-state index is -0.935. The molecule has 1 aromatic carbocycles. The van der Waals surface area contributed by atoms with Gasteiger partial charge in [-0.3, -0.25) is 0 Å². The molecular weight excluding hydrogens is 256 g/mol. The van der Waals surface area contributed by atoms with E-state index in [1.165, 1.54) is 0 Å². The fraction of sp³-hybridized carbons (Fsp3) is 0.467. The second-order valence-electron chi connectivity index (χ2n) is 5.28. The van der Waals surface area contributed by atoms with Crippen molar-refractivity contribution in [3.05, 3.63) is 29.6 Å². The topological polar surface area (TPSA) is 64.4 Å². The first kappa shape index (κ1) is 13.1. The average molecular weight is 274 g/mol. The number of carboxylic acid groups (broad SMARTS) is 1. The van der Waals surface area contributed by atoms with E-state index in [9.17, 15) is 9.90 Å². The third kappa shape index (κ3) is 1.89. The number of fused-ring (bicyclic) bond motifs is 1. The zero-order valence-electron chi connectivity index (χ0n) is 11.7. The Hall–Kier alpha value is -1.88. The quantitative estimate of drug-likeness (QED) is 0.934. The Kier molecular flexibility index (Phi) is 3.22. The lowest BCUT2D eigenvalue weighted by atomic mass is 10.1. The Labute approximate surface area is 117 Å². The van der Waals surface area contributed by atoms with Gasteiger partial charge in [-0.2, -0.15) is 0 Å². The van der Waals surface area contributed by atoms with Crippen LogP contribution in [0.4, 0.5) is 0 Å². The van der Waals surface area contributed by atoms with Crippen molar-refractivity contribution in [2.75, 3.05) is 7.11 Å². The standard InChI is InChI=1S/C15H18N2O3/c1-9-16-14-10(15(18)19)5-3-7-12(14)17(9)11-6-4-8-13(11)20-2/h3,5,7,11,13H,4,6,8H2,1-2H3,(H,18,19). The SMILES string of the molecule is COC1CCCC1n1c(C)nc2c(C(=O)O)cccc21. The van der Waals surface area contributed by atoms with E-state index in [2.05, 4.69) is 9.55 Å². The molecule has 1 aliphatic carbocycles. The van der Waals surface area contributed by atoms with Gasteiger partial charge in [0.2, 0.25) is 0 Å². The molecule has 2 unspecified atom stereocenters. The van der Waals surface area contributed by atoms with Gasteiger partial charge < -0.3 is 14.4 Å². The van der Waals surface area contributed by atoms with Crippen LogP contribution in [0.25, 0.3) is 11.0 Å². The number of hydrogen-bond donors (Lipinski definition) is 1. The first-order chi connectivity index (χ1) is 9.63. The van der Waals surface area contributed by atoms with Crippen molar-refractivity contribution in [1.29, 1.82) is 0 Å². The maximum atomic E-state index is 11.3. The number of benzene rings is 1. The molecule has 5 nitrogen and oxygen atoms in total. The second-order valence-corrected chi connectivity index (χ2v) is 5.28. The van der Waals surface area contributed by atoms with Crippen molar-refractivity contribution in [3.8, 4) is 0 Å². The molecule has 3 rings (SSSR count). The number of imidazole rings is 1. The number of carboxylic acids is 1. The van der Waals surface area contributed by atoms with Gasteiger partial charge in [-0.05, 0) is 38.3 Å². The molecule has 1 saturated carbocycles. The smallest absolute Gasteiger partial charge is 0.337 e. The number of aromatic nitrogens is 2. The highest BCUT2D eigenvalue weighted by molar-refractivity contribution is 6.01. The molecule has 2 aromatic rings. The third-order valence-electron chi connectivity index (χ3n) is 4.18. The summed E-state index contributed by atoms with van der Waals surface area (Å²) in [6.45, 7) is 1.93. The highest BCUT2D eigenvalue weighted by Crippen LogP contribution is 2.36. The molecule has 5 heteroatoms. The van der Waals surface area contributed by atoms with Gasteiger partial charge in [-0.1, -0.05) is 6.07 Å². The lowest BCUT2D eigenvalue weighted by Crippen LogP contribution is -2.21. The maximum absolute atomic E-state index is 11.3. The van der Waals surface area contributed by atoms with Crippen molar-refractivity contribution >= 4 is 17.0 Å². The molecule has 0 radical (unpaired) electrons. The Morgan fingerprint density at radius 2 is 2.25 bits per heavy atom. The van der Waals surface area contributed by atoms with E-state index in [0.717, 1.165) is 30.6 Å². The van der Waals surface area contributed by atoms with Gasteiger partial charge in [0.05, 0.1) is 23.2 Å². The van der Waals surface area contributed by atoms with Gasteiger partial charge in [0.15, 0.2) is 0 Å². The molecule has 0 aliphatic heterocycles. The van der Waals surface area contributed by atoms with Crippen LogP contribution >= 0.6 is 0 Å². The van der Waals surface area contributed by atoms with Crippen LogP contribution in [0.2, 0.25) is 0 Å². The number of rotatable bonds is 3. The third-order valence-corrected chi connectivity index (χ3v) is 4.18. The Bertz CT molecular complexity index is 662. The summed E-state index contributed by atoms with van der Waals surface area (Å²) in [6.07, 6.45) is 3.39. The molecule has 0 spiro atoms. The fourth-order valence-corrected chi connectivity index (χ4v) is 3.30. The van der Waals surface area contributed by atoms with Gasteiger partial charge in [0.25, 0.3) is 0 Å².